The Labute approximate surface area is 189 Å². The third kappa shape index (κ3) is 7.37. The summed E-state index contributed by atoms with van der Waals surface area (Å²) in [5.41, 5.74) is 4.67. The largest absolute Gasteiger partial charge is 0.484 e. The molecule has 0 aliphatic carbocycles. The maximum absolute atomic E-state index is 11.8. The number of rotatable bonds is 7. The number of halogens is 2. The number of aliphatic imine (C=N–C) groups is 1. The fraction of sp³-hybridized carbons (Fsp3) is 0.0435. The molecule has 8 heteroatoms. The molecule has 0 atom stereocenters. The van der Waals surface area contributed by atoms with Crippen LogP contribution in [0.5, 0.6) is 5.75 Å². The molecule has 0 bridgehead atoms. The molecular weight excluding hydrogens is 435 g/mol. The van der Waals surface area contributed by atoms with Gasteiger partial charge in [0.15, 0.2) is 12.4 Å². The number of hydrogen-bond donors (Lipinski definition) is 2. The molecule has 0 aromatic heterocycles. The van der Waals surface area contributed by atoms with Gasteiger partial charge in [0.25, 0.3) is 5.91 Å². The minimum Gasteiger partial charge on any atom is -0.484 e. The first-order valence-corrected chi connectivity index (χ1v) is 9.94. The highest BCUT2D eigenvalue weighted by atomic mass is 35.5. The summed E-state index contributed by atoms with van der Waals surface area (Å²) in [7, 11) is 0. The van der Waals surface area contributed by atoms with Gasteiger partial charge in [-0.05, 0) is 59.7 Å². The maximum Gasteiger partial charge on any atom is 0.277 e. The Kier molecular flexibility index (Phi) is 7.92. The average molecular weight is 453 g/mol. The molecule has 0 radical (unpaired) electrons. The second kappa shape index (κ2) is 11.1. The molecule has 1 amide bonds. The Morgan fingerprint density at radius 1 is 0.871 bits per heavy atom. The zero-order valence-electron chi connectivity index (χ0n) is 16.3. The monoisotopic (exact) mass is 452 g/mol. The minimum atomic E-state index is -0.394. The van der Waals surface area contributed by atoms with Gasteiger partial charge in [-0.2, -0.15) is 5.10 Å². The van der Waals surface area contributed by atoms with Gasteiger partial charge in [0.05, 0.1) is 6.21 Å². The van der Waals surface area contributed by atoms with Crippen LogP contribution < -0.4 is 10.2 Å². The number of ether oxygens (including phenoxy) is 1. The van der Waals surface area contributed by atoms with Gasteiger partial charge in [0.2, 0.25) is 0 Å². The quantitative estimate of drug-likeness (QED) is 0.301. The highest BCUT2D eigenvalue weighted by Gasteiger charge is 2.03. The van der Waals surface area contributed by atoms with Gasteiger partial charge in [0.1, 0.15) is 5.75 Å². The van der Waals surface area contributed by atoms with Gasteiger partial charge in [0, 0.05) is 21.8 Å². The summed E-state index contributed by atoms with van der Waals surface area (Å²) in [6.45, 7) is -0.191. The lowest BCUT2D eigenvalue weighted by atomic mass is 10.2. The summed E-state index contributed by atoms with van der Waals surface area (Å²) in [4.78, 5) is 16.0. The van der Waals surface area contributed by atoms with Crippen molar-refractivity contribution in [2.24, 2.45) is 10.1 Å². The molecule has 31 heavy (non-hydrogen) atoms. The zero-order valence-corrected chi connectivity index (χ0v) is 17.8. The standard InChI is InChI=1S/C23H18Cl2N4O2/c24-19-7-1-16(2-8-19)13-27-23(26)18-5-11-21(12-6-18)31-15-22(30)29-28-14-17-3-9-20(25)10-4-17/h1-14,26H,15H2,(H,29,30)/b26-23?,27-13?,28-14+. The molecule has 0 unspecified atom stereocenters. The molecule has 3 aromatic carbocycles. The van der Waals surface area contributed by atoms with Crippen LogP contribution in [0.1, 0.15) is 16.7 Å². The number of carbonyl (C=O) groups excluding carboxylic acids is 1. The van der Waals surface area contributed by atoms with E-state index in [9.17, 15) is 4.79 Å². The van der Waals surface area contributed by atoms with Crippen molar-refractivity contribution in [3.8, 4) is 5.75 Å². The van der Waals surface area contributed by atoms with Crippen LogP contribution >= 0.6 is 23.2 Å². The van der Waals surface area contributed by atoms with E-state index >= 15 is 0 Å². The van der Waals surface area contributed by atoms with Crippen molar-refractivity contribution in [3.63, 3.8) is 0 Å². The van der Waals surface area contributed by atoms with Gasteiger partial charge in [-0.25, -0.2) is 10.4 Å². The van der Waals surface area contributed by atoms with Crippen LogP contribution in [-0.4, -0.2) is 30.8 Å². The van der Waals surface area contributed by atoms with E-state index in [-0.39, 0.29) is 12.4 Å². The van der Waals surface area contributed by atoms with Gasteiger partial charge in [-0.1, -0.05) is 47.5 Å². The number of amidine groups is 1. The molecular formula is C23H18Cl2N4O2. The second-order valence-corrected chi connectivity index (χ2v) is 7.19. The van der Waals surface area contributed by atoms with Crippen molar-refractivity contribution in [3.05, 3.63) is 99.5 Å². The molecule has 0 heterocycles. The fourth-order valence-electron chi connectivity index (χ4n) is 2.38. The molecule has 0 fully saturated rings. The van der Waals surface area contributed by atoms with Crippen LogP contribution in [0.2, 0.25) is 10.0 Å². The van der Waals surface area contributed by atoms with E-state index in [0.717, 1.165) is 11.1 Å². The van der Waals surface area contributed by atoms with E-state index in [0.29, 0.717) is 21.4 Å². The summed E-state index contributed by atoms with van der Waals surface area (Å²) in [6, 6.07) is 21.0. The first-order valence-electron chi connectivity index (χ1n) is 9.18. The summed E-state index contributed by atoms with van der Waals surface area (Å²) >= 11 is 11.7. The lowest BCUT2D eigenvalue weighted by Gasteiger charge is -2.06. The lowest BCUT2D eigenvalue weighted by Crippen LogP contribution is -2.24. The molecule has 3 aromatic rings. The van der Waals surface area contributed by atoms with E-state index < -0.39 is 5.91 Å². The lowest BCUT2D eigenvalue weighted by molar-refractivity contribution is -0.123. The highest BCUT2D eigenvalue weighted by Crippen LogP contribution is 2.13. The van der Waals surface area contributed by atoms with Gasteiger partial charge < -0.3 is 4.74 Å². The molecule has 0 aliphatic heterocycles. The SMILES string of the molecule is N=C(N=Cc1ccc(Cl)cc1)c1ccc(OCC(=O)N/N=C/c2ccc(Cl)cc2)cc1. The summed E-state index contributed by atoms with van der Waals surface area (Å²) < 4.78 is 5.44. The predicted octanol–water partition coefficient (Wildman–Crippen LogP) is 4.97. The first kappa shape index (κ1) is 22.2. The van der Waals surface area contributed by atoms with Crippen molar-refractivity contribution in [1.29, 1.82) is 5.41 Å². The Balaban J connectivity index is 1.46. The molecule has 0 saturated carbocycles. The normalized spacial score (nSPS) is 11.0. The van der Waals surface area contributed by atoms with E-state index in [2.05, 4.69) is 15.5 Å². The van der Waals surface area contributed by atoms with Crippen LogP contribution in [0.25, 0.3) is 0 Å². The Bertz CT molecular complexity index is 1090. The molecule has 2 N–H and O–H groups in total. The second-order valence-electron chi connectivity index (χ2n) is 6.32. The molecule has 3 rings (SSSR count). The fourth-order valence-corrected chi connectivity index (χ4v) is 2.63. The molecule has 0 spiro atoms. The molecule has 156 valence electrons. The maximum atomic E-state index is 11.8. The van der Waals surface area contributed by atoms with E-state index in [1.165, 1.54) is 6.21 Å². The summed E-state index contributed by atoms with van der Waals surface area (Å²) in [5, 5.41) is 13.2. The first-order chi connectivity index (χ1) is 15.0. The van der Waals surface area contributed by atoms with Crippen LogP contribution in [0.4, 0.5) is 0 Å². The van der Waals surface area contributed by atoms with Gasteiger partial charge in [-0.15, -0.1) is 0 Å². The van der Waals surface area contributed by atoms with Crippen molar-refractivity contribution in [2.45, 2.75) is 0 Å². The number of hydrazone groups is 1. The smallest absolute Gasteiger partial charge is 0.277 e. The van der Waals surface area contributed by atoms with E-state index in [1.54, 1.807) is 66.9 Å². The third-order valence-corrected chi connectivity index (χ3v) is 4.49. The van der Waals surface area contributed by atoms with Crippen molar-refractivity contribution in [1.82, 2.24) is 5.43 Å². The summed E-state index contributed by atoms with van der Waals surface area (Å²) in [5.74, 6) is 0.209. The predicted molar refractivity (Wildman–Crippen MR) is 125 cm³/mol. The van der Waals surface area contributed by atoms with Crippen molar-refractivity contribution >= 4 is 47.4 Å². The van der Waals surface area contributed by atoms with Crippen LogP contribution in [0.15, 0.2) is 82.9 Å². The number of amides is 1. The Morgan fingerprint density at radius 3 is 2.00 bits per heavy atom. The van der Waals surface area contributed by atoms with E-state index in [1.807, 2.05) is 12.1 Å². The van der Waals surface area contributed by atoms with Crippen molar-refractivity contribution < 1.29 is 9.53 Å². The Morgan fingerprint density at radius 2 is 1.42 bits per heavy atom. The number of hydrogen-bond acceptors (Lipinski definition) is 4. The zero-order chi connectivity index (χ0) is 22.1. The van der Waals surface area contributed by atoms with E-state index in [4.69, 9.17) is 33.3 Å². The van der Waals surface area contributed by atoms with Crippen LogP contribution in [0, 0.1) is 5.41 Å². The number of benzene rings is 3. The topological polar surface area (TPSA) is 86.9 Å². The third-order valence-electron chi connectivity index (χ3n) is 3.98. The molecule has 6 nitrogen and oxygen atoms in total. The summed E-state index contributed by atoms with van der Waals surface area (Å²) in [6.07, 6.45) is 3.11. The highest BCUT2D eigenvalue weighted by molar-refractivity contribution is 6.30. The van der Waals surface area contributed by atoms with Crippen LogP contribution in [-0.2, 0) is 4.79 Å². The molecule has 0 aliphatic rings. The number of nitrogens with one attached hydrogen (secondary N) is 2. The number of carbonyl (C=O) groups is 1. The van der Waals surface area contributed by atoms with Gasteiger partial charge >= 0.3 is 0 Å². The van der Waals surface area contributed by atoms with Gasteiger partial charge in [-0.3, -0.25) is 10.2 Å². The average Bonchev–Trinajstić information content (AvgIpc) is 2.79. The van der Waals surface area contributed by atoms with Crippen molar-refractivity contribution in [2.75, 3.05) is 6.61 Å². The minimum absolute atomic E-state index is 0.107. The van der Waals surface area contributed by atoms with Crippen LogP contribution in [0.3, 0.4) is 0 Å². The Hall–Kier alpha value is -3.48. The number of nitrogens with zero attached hydrogens (tertiary/aromatic N) is 2. The molecule has 0 saturated heterocycles.